The van der Waals surface area contributed by atoms with Crippen LogP contribution >= 0.6 is 0 Å². The van der Waals surface area contributed by atoms with Gasteiger partial charge in [0.2, 0.25) is 11.7 Å². The van der Waals surface area contributed by atoms with Crippen LogP contribution < -0.4 is 0 Å². The Morgan fingerprint density at radius 2 is 1.73 bits per heavy atom. The van der Waals surface area contributed by atoms with Gasteiger partial charge in [0.15, 0.2) is 5.78 Å². The van der Waals surface area contributed by atoms with Crippen LogP contribution in [0.2, 0.25) is 0 Å². The summed E-state index contributed by atoms with van der Waals surface area (Å²) in [5.41, 5.74) is 2.38. The van der Waals surface area contributed by atoms with Crippen molar-refractivity contribution in [2.24, 2.45) is 0 Å². The lowest BCUT2D eigenvalue weighted by Gasteiger charge is -2.14. The molecule has 1 amide bonds. The van der Waals surface area contributed by atoms with Crippen LogP contribution in [0.3, 0.4) is 0 Å². The smallest absolute Gasteiger partial charge is 0.219 e. The molecule has 0 radical (unpaired) electrons. The number of carbonyl (C=O) groups is 2. The molecule has 0 unspecified atom stereocenters. The van der Waals surface area contributed by atoms with Crippen molar-refractivity contribution in [2.45, 2.75) is 20.0 Å². The van der Waals surface area contributed by atoms with Gasteiger partial charge < -0.3 is 4.90 Å². The van der Waals surface area contributed by atoms with Crippen molar-refractivity contribution in [3.8, 4) is 11.4 Å². The number of amides is 1. The van der Waals surface area contributed by atoms with Crippen LogP contribution in [0.4, 0.5) is 0 Å². The van der Waals surface area contributed by atoms with Gasteiger partial charge >= 0.3 is 0 Å². The molecule has 7 heteroatoms. The van der Waals surface area contributed by atoms with Crippen molar-refractivity contribution in [3.05, 3.63) is 65.7 Å². The molecule has 2 aromatic carbocycles. The Balaban J connectivity index is 1.65. The van der Waals surface area contributed by atoms with Crippen molar-refractivity contribution in [2.75, 3.05) is 7.05 Å². The number of hydrogen-bond acceptors (Lipinski definition) is 5. The Labute approximate surface area is 151 Å². The monoisotopic (exact) mass is 349 g/mol. The van der Waals surface area contributed by atoms with E-state index in [0.717, 1.165) is 11.1 Å². The fraction of sp³-hybridized carbons (Fsp3) is 0.211. The molecule has 0 aliphatic carbocycles. The molecule has 132 valence electrons. The lowest BCUT2D eigenvalue weighted by molar-refractivity contribution is -0.128. The fourth-order valence-corrected chi connectivity index (χ4v) is 2.41. The number of benzene rings is 2. The van der Waals surface area contributed by atoms with E-state index in [0.29, 0.717) is 17.9 Å². The van der Waals surface area contributed by atoms with Gasteiger partial charge in [0, 0.05) is 31.6 Å². The number of aromatic nitrogens is 4. The van der Waals surface area contributed by atoms with Crippen LogP contribution in [0.5, 0.6) is 0 Å². The topological polar surface area (TPSA) is 81.0 Å². The van der Waals surface area contributed by atoms with Crippen LogP contribution in [0, 0.1) is 0 Å². The highest BCUT2D eigenvalue weighted by Gasteiger charge is 2.11. The number of carbonyl (C=O) groups excluding carboxylic acids is 2. The fourth-order valence-electron chi connectivity index (χ4n) is 2.41. The molecule has 26 heavy (non-hydrogen) atoms. The Morgan fingerprint density at radius 1 is 1.04 bits per heavy atom. The van der Waals surface area contributed by atoms with Crippen LogP contribution in [-0.2, 0) is 17.9 Å². The molecule has 3 aromatic rings. The SMILES string of the molecule is CC(=O)N(C)Cc1ccc(C(=O)Cn2nnc(-c3ccccc3)n2)cc1. The first-order valence-electron chi connectivity index (χ1n) is 8.20. The van der Waals surface area contributed by atoms with Gasteiger partial charge in [-0.2, -0.15) is 4.80 Å². The standard InChI is InChI=1S/C19H19N5O2/c1-14(25)23(2)12-15-8-10-16(11-9-15)18(26)13-24-21-19(20-22-24)17-6-4-3-5-7-17/h3-11H,12-13H2,1-2H3. The van der Waals surface area contributed by atoms with Crippen molar-refractivity contribution in [3.63, 3.8) is 0 Å². The number of ketones is 1. The highest BCUT2D eigenvalue weighted by atomic mass is 16.2. The number of tetrazole rings is 1. The maximum atomic E-state index is 12.4. The van der Waals surface area contributed by atoms with Gasteiger partial charge in [-0.3, -0.25) is 9.59 Å². The average molecular weight is 349 g/mol. The molecule has 1 aromatic heterocycles. The minimum Gasteiger partial charge on any atom is -0.342 e. The Morgan fingerprint density at radius 3 is 2.38 bits per heavy atom. The number of hydrogen-bond donors (Lipinski definition) is 0. The molecule has 0 atom stereocenters. The number of Topliss-reactive ketones (excluding diaryl/α,β-unsaturated/α-hetero) is 1. The van der Waals surface area contributed by atoms with Crippen molar-refractivity contribution >= 4 is 11.7 Å². The second kappa shape index (κ2) is 7.69. The summed E-state index contributed by atoms with van der Waals surface area (Å²) in [5, 5.41) is 12.2. The quantitative estimate of drug-likeness (QED) is 0.637. The average Bonchev–Trinajstić information content (AvgIpc) is 3.11. The Hall–Kier alpha value is -3.35. The summed E-state index contributed by atoms with van der Waals surface area (Å²) in [4.78, 5) is 26.6. The third kappa shape index (κ3) is 4.18. The minimum atomic E-state index is -0.103. The molecule has 0 aliphatic rings. The van der Waals surface area contributed by atoms with E-state index in [1.54, 1.807) is 24.1 Å². The van der Waals surface area contributed by atoms with E-state index in [9.17, 15) is 9.59 Å². The molecule has 3 rings (SSSR count). The summed E-state index contributed by atoms with van der Waals surface area (Å²) in [7, 11) is 1.74. The molecule has 0 aliphatic heterocycles. The van der Waals surface area contributed by atoms with Crippen LogP contribution in [-0.4, -0.2) is 43.8 Å². The minimum absolute atomic E-state index is 0.00312. The van der Waals surface area contributed by atoms with E-state index in [1.165, 1.54) is 11.7 Å². The summed E-state index contributed by atoms with van der Waals surface area (Å²) in [5.74, 6) is 0.381. The summed E-state index contributed by atoms with van der Waals surface area (Å²) >= 11 is 0. The molecular formula is C19H19N5O2. The van der Waals surface area contributed by atoms with E-state index in [4.69, 9.17) is 0 Å². The third-order valence-electron chi connectivity index (χ3n) is 4.00. The van der Waals surface area contributed by atoms with Crippen LogP contribution in [0.15, 0.2) is 54.6 Å². The van der Waals surface area contributed by atoms with Crippen LogP contribution in [0.1, 0.15) is 22.8 Å². The lowest BCUT2D eigenvalue weighted by Crippen LogP contribution is -2.23. The van der Waals surface area contributed by atoms with Gasteiger partial charge in [0.05, 0.1) is 0 Å². The van der Waals surface area contributed by atoms with Gasteiger partial charge in [-0.1, -0.05) is 54.6 Å². The summed E-state index contributed by atoms with van der Waals surface area (Å²) in [6.45, 7) is 2.05. The van der Waals surface area contributed by atoms with Gasteiger partial charge in [-0.25, -0.2) is 0 Å². The zero-order valence-corrected chi connectivity index (χ0v) is 14.7. The molecule has 0 saturated heterocycles. The maximum absolute atomic E-state index is 12.4. The zero-order chi connectivity index (χ0) is 18.5. The Bertz CT molecular complexity index is 903. The molecule has 7 nitrogen and oxygen atoms in total. The molecule has 0 fully saturated rings. The summed E-state index contributed by atoms with van der Waals surface area (Å²) < 4.78 is 0. The largest absolute Gasteiger partial charge is 0.342 e. The van der Waals surface area contributed by atoms with Crippen molar-refractivity contribution in [1.82, 2.24) is 25.1 Å². The van der Waals surface area contributed by atoms with E-state index < -0.39 is 0 Å². The van der Waals surface area contributed by atoms with E-state index in [1.807, 2.05) is 42.5 Å². The molecule has 0 bridgehead atoms. The first-order chi connectivity index (χ1) is 12.5. The molecule has 1 heterocycles. The maximum Gasteiger partial charge on any atom is 0.219 e. The van der Waals surface area contributed by atoms with E-state index >= 15 is 0 Å². The van der Waals surface area contributed by atoms with Crippen LogP contribution in [0.25, 0.3) is 11.4 Å². The lowest BCUT2D eigenvalue weighted by atomic mass is 10.1. The van der Waals surface area contributed by atoms with E-state index in [-0.39, 0.29) is 18.2 Å². The number of nitrogens with zero attached hydrogens (tertiary/aromatic N) is 5. The second-order valence-corrected chi connectivity index (χ2v) is 6.00. The van der Waals surface area contributed by atoms with Crippen molar-refractivity contribution < 1.29 is 9.59 Å². The molecule has 0 N–H and O–H groups in total. The third-order valence-corrected chi connectivity index (χ3v) is 4.00. The predicted octanol–water partition coefficient (Wildman–Crippen LogP) is 2.20. The highest BCUT2D eigenvalue weighted by Crippen LogP contribution is 2.12. The normalized spacial score (nSPS) is 10.5. The second-order valence-electron chi connectivity index (χ2n) is 6.00. The molecular weight excluding hydrogens is 330 g/mol. The van der Waals surface area contributed by atoms with Gasteiger partial charge in [-0.05, 0) is 10.8 Å². The van der Waals surface area contributed by atoms with E-state index in [2.05, 4.69) is 15.4 Å². The first kappa shape index (κ1) is 17.5. The number of rotatable bonds is 6. The summed E-state index contributed by atoms with van der Waals surface area (Å²) in [6.07, 6.45) is 0. The molecule has 0 spiro atoms. The zero-order valence-electron chi connectivity index (χ0n) is 14.7. The molecule has 0 saturated carbocycles. The highest BCUT2D eigenvalue weighted by molar-refractivity contribution is 5.95. The van der Waals surface area contributed by atoms with Crippen molar-refractivity contribution in [1.29, 1.82) is 0 Å². The summed E-state index contributed by atoms with van der Waals surface area (Å²) in [6, 6.07) is 16.7. The predicted molar refractivity (Wildman–Crippen MR) is 96.2 cm³/mol. The Kier molecular flexibility index (Phi) is 5.17. The van der Waals surface area contributed by atoms with Gasteiger partial charge in [0.25, 0.3) is 0 Å². The van der Waals surface area contributed by atoms with Gasteiger partial charge in [-0.15, -0.1) is 10.2 Å². The first-order valence-corrected chi connectivity index (χ1v) is 8.20. The van der Waals surface area contributed by atoms with Gasteiger partial charge in [0.1, 0.15) is 6.54 Å².